The van der Waals surface area contributed by atoms with E-state index in [-0.39, 0.29) is 5.91 Å². The molecule has 1 N–H and O–H groups in total. The highest BCUT2D eigenvalue weighted by Gasteiger charge is 2.13. The molecular weight excluding hydrogens is 434 g/mol. The predicted octanol–water partition coefficient (Wildman–Crippen LogP) is 6.88. The molecule has 0 bridgehead atoms. The van der Waals surface area contributed by atoms with Crippen molar-refractivity contribution in [3.8, 4) is 11.3 Å². The van der Waals surface area contributed by atoms with Gasteiger partial charge in [0.05, 0.1) is 5.69 Å². The number of nitrogens with zero attached hydrogens (tertiary/aromatic N) is 2. The van der Waals surface area contributed by atoms with Crippen molar-refractivity contribution in [3.63, 3.8) is 0 Å². The quantitative estimate of drug-likeness (QED) is 0.359. The molecule has 4 rings (SSSR count). The maximum absolute atomic E-state index is 12.3. The van der Waals surface area contributed by atoms with Gasteiger partial charge in [-0.05, 0) is 67.4 Å². The Labute approximate surface area is 188 Å². The Morgan fingerprint density at radius 3 is 2.50 bits per heavy atom. The fraction of sp³-hybridized carbons (Fsp3) is 0.0870. The molecule has 0 spiro atoms. The van der Waals surface area contributed by atoms with Crippen LogP contribution in [0.1, 0.15) is 21.5 Å². The van der Waals surface area contributed by atoms with Gasteiger partial charge in [-0.1, -0.05) is 29.4 Å². The zero-order chi connectivity index (χ0) is 21.1. The molecule has 2 aromatic carbocycles. The van der Waals surface area contributed by atoms with Gasteiger partial charge in [-0.3, -0.25) is 15.1 Å². The van der Waals surface area contributed by atoms with Crippen LogP contribution in [0.3, 0.4) is 0 Å². The van der Waals surface area contributed by atoms with Gasteiger partial charge in [-0.2, -0.15) is 0 Å². The van der Waals surface area contributed by atoms with Crippen molar-refractivity contribution in [1.82, 2.24) is 9.97 Å². The highest BCUT2D eigenvalue weighted by Crippen LogP contribution is 2.37. The maximum Gasteiger partial charge on any atom is 0.257 e. The zero-order valence-electron chi connectivity index (χ0n) is 16.3. The Morgan fingerprint density at radius 2 is 1.80 bits per heavy atom. The molecule has 30 heavy (non-hydrogen) atoms. The van der Waals surface area contributed by atoms with E-state index in [1.165, 1.54) is 27.4 Å². The summed E-state index contributed by atoms with van der Waals surface area (Å²) in [7, 11) is 0. The Morgan fingerprint density at radius 1 is 1.07 bits per heavy atom. The number of aryl methyl sites for hydroxylation is 2. The van der Waals surface area contributed by atoms with E-state index in [4.69, 9.17) is 11.6 Å². The average Bonchev–Trinajstić information content (AvgIpc) is 3.20. The summed E-state index contributed by atoms with van der Waals surface area (Å²) in [5, 5.41) is 6.11. The first-order chi connectivity index (χ1) is 14.5. The molecule has 4 aromatic rings. The lowest BCUT2D eigenvalue weighted by Crippen LogP contribution is -2.11. The summed E-state index contributed by atoms with van der Waals surface area (Å²) in [5.74, 6) is -0.195. The number of carbonyl (C=O) groups excluding carboxylic acids is 1. The lowest BCUT2D eigenvalue weighted by molar-refractivity contribution is 0.102. The predicted molar refractivity (Wildman–Crippen MR) is 125 cm³/mol. The molecule has 4 nitrogen and oxygen atoms in total. The smallest absolute Gasteiger partial charge is 0.257 e. The highest BCUT2D eigenvalue weighted by molar-refractivity contribution is 7.99. The minimum Gasteiger partial charge on any atom is -0.298 e. The molecule has 0 aliphatic heterocycles. The van der Waals surface area contributed by atoms with Crippen molar-refractivity contribution in [2.45, 2.75) is 23.6 Å². The molecule has 0 unspecified atom stereocenters. The van der Waals surface area contributed by atoms with Crippen LogP contribution in [0, 0.1) is 13.8 Å². The van der Waals surface area contributed by atoms with Crippen LogP contribution in [-0.2, 0) is 0 Å². The van der Waals surface area contributed by atoms with Gasteiger partial charge in [0.15, 0.2) is 5.13 Å². The van der Waals surface area contributed by atoms with E-state index in [1.54, 1.807) is 36.3 Å². The highest BCUT2D eigenvalue weighted by atomic mass is 35.5. The summed E-state index contributed by atoms with van der Waals surface area (Å²) < 4.78 is 0. The number of benzene rings is 2. The summed E-state index contributed by atoms with van der Waals surface area (Å²) in [4.78, 5) is 23.2. The van der Waals surface area contributed by atoms with Gasteiger partial charge in [0, 0.05) is 43.7 Å². The van der Waals surface area contributed by atoms with Crippen molar-refractivity contribution < 1.29 is 4.79 Å². The van der Waals surface area contributed by atoms with Gasteiger partial charge >= 0.3 is 0 Å². The van der Waals surface area contributed by atoms with E-state index in [9.17, 15) is 4.79 Å². The van der Waals surface area contributed by atoms with Crippen molar-refractivity contribution in [2.24, 2.45) is 0 Å². The van der Waals surface area contributed by atoms with Crippen LogP contribution < -0.4 is 5.32 Å². The molecule has 0 fully saturated rings. The number of anilines is 1. The fourth-order valence-electron chi connectivity index (χ4n) is 3.04. The monoisotopic (exact) mass is 451 g/mol. The van der Waals surface area contributed by atoms with E-state index < -0.39 is 0 Å². The van der Waals surface area contributed by atoms with E-state index in [1.807, 2.05) is 23.6 Å². The van der Waals surface area contributed by atoms with Crippen LogP contribution in [0.25, 0.3) is 11.3 Å². The van der Waals surface area contributed by atoms with Gasteiger partial charge < -0.3 is 0 Å². The van der Waals surface area contributed by atoms with Crippen molar-refractivity contribution >= 4 is 45.7 Å². The number of pyridine rings is 1. The van der Waals surface area contributed by atoms with E-state index in [2.05, 4.69) is 47.3 Å². The third-order valence-electron chi connectivity index (χ3n) is 4.44. The van der Waals surface area contributed by atoms with Crippen LogP contribution in [-0.4, -0.2) is 15.9 Å². The minimum atomic E-state index is -0.195. The molecule has 0 radical (unpaired) electrons. The standard InChI is InChI=1S/C23H18ClN3OS2/c1-14-10-17(11-15(2)21(14)30-19-5-3-4-18(24)12-19)20-13-29-23(26-20)27-22(28)16-6-8-25-9-7-16/h3-13H,1-2H3,(H,26,27,28). The molecule has 0 aliphatic rings. The van der Waals surface area contributed by atoms with Gasteiger partial charge in [0.1, 0.15) is 0 Å². The van der Waals surface area contributed by atoms with Crippen LogP contribution >= 0.6 is 34.7 Å². The first-order valence-electron chi connectivity index (χ1n) is 9.21. The second kappa shape index (κ2) is 9.00. The molecular formula is C23H18ClN3OS2. The molecule has 2 aromatic heterocycles. The summed E-state index contributed by atoms with van der Waals surface area (Å²) in [6.07, 6.45) is 3.19. The summed E-state index contributed by atoms with van der Waals surface area (Å²) >= 11 is 9.23. The normalized spacial score (nSPS) is 10.8. The number of hydrogen-bond donors (Lipinski definition) is 1. The molecule has 0 saturated heterocycles. The minimum absolute atomic E-state index is 0.195. The number of hydrogen-bond acceptors (Lipinski definition) is 5. The lowest BCUT2D eigenvalue weighted by atomic mass is 10.1. The SMILES string of the molecule is Cc1cc(-c2csc(NC(=O)c3ccncc3)n2)cc(C)c1Sc1cccc(Cl)c1. The number of amides is 1. The first kappa shape index (κ1) is 20.6. The topological polar surface area (TPSA) is 54.9 Å². The largest absolute Gasteiger partial charge is 0.298 e. The van der Waals surface area contributed by atoms with Crippen molar-refractivity contribution in [2.75, 3.05) is 5.32 Å². The Hall–Kier alpha value is -2.67. The van der Waals surface area contributed by atoms with Gasteiger partial charge in [-0.25, -0.2) is 4.98 Å². The average molecular weight is 452 g/mol. The lowest BCUT2D eigenvalue weighted by Gasteiger charge is -2.12. The molecule has 0 aliphatic carbocycles. The number of nitrogens with one attached hydrogen (secondary N) is 1. The maximum atomic E-state index is 12.3. The van der Waals surface area contributed by atoms with Crippen molar-refractivity contribution in [3.05, 3.63) is 88.0 Å². The molecule has 150 valence electrons. The molecule has 7 heteroatoms. The van der Waals surface area contributed by atoms with E-state index in [0.29, 0.717) is 10.7 Å². The third-order valence-corrected chi connectivity index (χ3v) is 6.77. The summed E-state index contributed by atoms with van der Waals surface area (Å²) in [6.45, 7) is 4.20. The van der Waals surface area contributed by atoms with E-state index in [0.717, 1.165) is 21.2 Å². The Kier molecular flexibility index (Phi) is 6.18. The molecule has 0 atom stereocenters. The summed E-state index contributed by atoms with van der Waals surface area (Å²) in [6, 6.07) is 15.5. The van der Waals surface area contributed by atoms with Crippen LogP contribution in [0.4, 0.5) is 5.13 Å². The molecule has 1 amide bonds. The second-order valence-electron chi connectivity index (χ2n) is 6.73. The summed E-state index contributed by atoms with van der Waals surface area (Å²) in [5.41, 5.74) is 4.77. The Bertz CT molecular complexity index is 1190. The van der Waals surface area contributed by atoms with Crippen LogP contribution in [0.15, 0.2) is 76.1 Å². The third kappa shape index (κ3) is 4.73. The Balaban J connectivity index is 1.54. The van der Waals surface area contributed by atoms with Gasteiger partial charge in [-0.15, -0.1) is 11.3 Å². The molecule has 2 heterocycles. The zero-order valence-corrected chi connectivity index (χ0v) is 18.7. The van der Waals surface area contributed by atoms with Crippen LogP contribution in [0.5, 0.6) is 0 Å². The number of rotatable bonds is 5. The second-order valence-corrected chi connectivity index (χ2v) is 9.10. The first-order valence-corrected chi connectivity index (χ1v) is 11.3. The fourth-order valence-corrected chi connectivity index (χ4v) is 5.02. The van der Waals surface area contributed by atoms with Gasteiger partial charge in [0.25, 0.3) is 5.91 Å². The number of carbonyl (C=O) groups is 1. The molecule has 0 saturated carbocycles. The van der Waals surface area contributed by atoms with Crippen LogP contribution in [0.2, 0.25) is 5.02 Å². The van der Waals surface area contributed by atoms with Gasteiger partial charge in [0.2, 0.25) is 0 Å². The number of halogens is 1. The number of aromatic nitrogens is 2. The van der Waals surface area contributed by atoms with E-state index >= 15 is 0 Å². The van der Waals surface area contributed by atoms with Crippen molar-refractivity contribution in [1.29, 1.82) is 0 Å². The number of thiazole rings is 1.